The summed E-state index contributed by atoms with van der Waals surface area (Å²) in [5, 5.41) is 11.5. The summed E-state index contributed by atoms with van der Waals surface area (Å²) < 4.78 is 0. The molecule has 0 aromatic carbocycles. The first-order chi connectivity index (χ1) is 9.61. The highest BCUT2D eigenvalue weighted by atomic mass is 32.1. The highest BCUT2D eigenvalue weighted by Gasteiger charge is 2.22. The molecule has 1 aromatic rings. The van der Waals surface area contributed by atoms with E-state index in [1.54, 1.807) is 0 Å². The van der Waals surface area contributed by atoms with Crippen LogP contribution in [-0.4, -0.2) is 23.0 Å². The summed E-state index contributed by atoms with van der Waals surface area (Å²) in [5.41, 5.74) is 1.24. The molecule has 0 bridgehead atoms. The fourth-order valence-corrected chi connectivity index (χ4v) is 3.48. The molecule has 1 amide bonds. The second-order valence-corrected chi connectivity index (χ2v) is 6.03. The SMILES string of the molecule is C#CCC(NC(=O)c1cc2c(s1)CCCCC2)C(=O)O. The van der Waals surface area contributed by atoms with E-state index in [1.807, 2.05) is 6.07 Å². The van der Waals surface area contributed by atoms with Crippen molar-refractivity contribution in [3.8, 4) is 12.3 Å². The van der Waals surface area contributed by atoms with Gasteiger partial charge >= 0.3 is 5.97 Å². The van der Waals surface area contributed by atoms with Crippen LogP contribution in [0.25, 0.3) is 0 Å². The summed E-state index contributed by atoms with van der Waals surface area (Å²) in [6.45, 7) is 0. The number of hydrogen-bond donors (Lipinski definition) is 2. The average molecular weight is 291 g/mol. The predicted molar refractivity (Wildman–Crippen MR) is 77.9 cm³/mol. The van der Waals surface area contributed by atoms with Crippen LogP contribution in [0.1, 0.15) is 45.8 Å². The van der Waals surface area contributed by atoms with E-state index in [2.05, 4.69) is 11.2 Å². The van der Waals surface area contributed by atoms with Crippen molar-refractivity contribution in [2.75, 3.05) is 0 Å². The van der Waals surface area contributed by atoms with Gasteiger partial charge < -0.3 is 10.4 Å². The third-order valence-corrected chi connectivity index (χ3v) is 4.63. The van der Waals surface area contributed by atoms with Gasteiger partial charge in [0, 0.05) is 11.3 Å². The zero-order valence-electron chi connectivity index (χ0n) is 11.1. The maximum atomic E-state index is 12.1. The number of fused-ring (bicyclic) bond motifs is 1. The molecule has 1 unspecified atom stereocenters. The van der Waals surface area contributed by atoms with Crippen LogP contribution in [0.2, 0.25) is 0 Å². The summed E-state index contributed by atoms with van der Waals surface area (Å²) in [6.07, 6.45) is 10.7. The van der Waals surface area contributed by atoms with Crippen LogP contribution >= 0.6 is 11.3 Å². The van der Waals surface area contributed by atoms with Gasteiger partial charge in [-0.15, -0.1) is 23.7 Å². The molecule has 2 N–H and O–H groups in total. The fourth-order valence-electron chi connectivity index (χ4n) is 2.33. The van der Waals surface area contributed by atoms with Gasteiger partial charge in [0.1, 0.15) is 6.04 Å². The van der Waals surface area contributed by atoms with E-state index in [1.165, 1.54) is 28.2 Å². The number of hydrogen-bond acceptors (Lipinski definition) is 3. The van der Waals surface area contributed by atoms with Crippen molar-refractivity contribution in [3.05, 3.63) is 21.4 Å². The van der Waals surface area contributed by atoms with E-state index >= 15 is 0 Å². The third kappa shape index (κ3) is 3.40. The molecule has 0 saturated carbocycles. The Labute approximate surface area is 122 Å². The molecule has 20 heavy (non-hydrogen) atoms. The normalized spacial score (nSPS) is 15.6. The number of carbonyl (C=O) groups excluding carboxylic acids is 1. The third-order valence-electron chi connectivity index (χ3n) is 3.40. The Bertz CT molecular complexity index is 532. The smallest absolute Gasteiger partial charge is 0.327 e. The zero-order chi connectivity index (χ0) is 14.5. The summed E-state index contributed by atoms with van der Waals surface area (Å²) >= 11 is 1.47. The molecule has 1 heterocycles. The Morgan fingerprint density at radius 1 is 1.40 bits per heavy atom. The van der Waals surface area contributed by atoms with Gasteiger partial charge in [-0.05, 0) is 37.3 Å². The molecular formula is C15H17NO3S. The number of aliphatic carboxylic acids is 1. The molecule has 5 heteroatoms. The summed E-state index contributed by atoms with van der Waals surface area (Å²) in [6, 6.07) is 0.879. The van der Waals surface area contributed by atoms with Crippen molar-refractivity contribution in [1.29, 1.82) is 0 Å². The van der Waals surface area contributed by atoms with Crippen LogP contribution in [-0.2, 0) is 17.6 Å². The minimum atomic E-state index is -1.10. The van der Waals surface area contributed by atoms with Crippen LogP contribution in [0.15, 0.2) is 6.07 Å². The van der Waals surface area contributed by atoms with Crippen LogP contribution in [0.3, 0.4) is 0 Å². The van der Waals surface area contributed by atoms with Gasteiger partial charge in [-0.25, -0.2) is 4.79 Å². The number of nitrogens with one attached hydrogen (secondary N) is 1. The average Bonchev–Trinajstić information content (AvgIpc) is 2.69. The largest absolute Gasteiger partial charge is 0.480 e. The highest BCUT2D eigenvalue weighted by Crippen LogP contribution is 2.28. The van der Waals surface area contributed by atoms with Crippen molar-refractivity contribution < 1.29 is 14.7 Å². The molecule has 0 aliphatic heterocycles. The van der Waals surface area contributed by atoms with E-state index in [0.29, 0.717) is 4.88 Å². The molecule has 0 radical (unpaired) electrons. The van der Waals surface area contributed by atoms with Crippen LogP contribution in [0.4, 0.5) is 0 Å². The predicted octanol–water partition coefficient (Wildman–Crippen LogP) is 2.22. The fraction of sp³-hybridized carbons (Fsp3) is 0.467. The first-order valence-corrected chi connectivity index (χ1v) is 7.52. The van der Waals surface area contributed by atoms with Crippen molar-refractivity contribution in [2.24, 2.45) is 0 Å². The second-order valence-electron chi connectivity index (χ2n) is 4.89. The molecule has 1 aromatic heterocycles. The Morgan fingerprint density at radius 3 is 2.85 bits per heavy atom. The summed E-state index contributed by atoms with van der Waals surface area (Å²) in [5.74, 6) is 0.827. The lowest BCUT2D eigenvalue weighted by Gasteiger charge is -2.10. The lowest BCUT2D eigenvalue weighted by molar-refractivity contribution is -0.139. The number of terminal acetylenes is 1. The first kappa shape index (κ1) is 14.6. The van der Waals surface area contributed by atoms with E-state index < -0.39 is 12.0 Å². The topological polar surface area (TPSA) is 66.4 Å². The number of thiophene rings is 1. The van der Waals surface area contributed by atoms with Gasteiger partial charge in [-0.2, -0.15) is 0 Å². The number of amides is 1. The van der Waals surface area contributed by atoms with E-state index in [9.17, 15) is 9.59 Å². The maximum absolute atomic E-state index is 12.1. The van der Waals surface area contributed by atoms with Gasteiger partial charge in [0.2, 0.25) is 0 Å². The Hall–Kier alpha value is -1.80. The number of rotatable bonds is 4. The Morgan fingerprint density at radius 2 is 2.15 bits per heavy atom. The number of carboxylic acid groups (broad SMARTS) is 1. The van der Waals surface area contributed by atoms with Crippen molar-refractivity contribution >= 4 is 23.2 Å². The zero-order valence-corrected chi connectivity index (χ0v) is 12.0. The van der Waals surface area contributed by atoms with Gasteiger partial charge in [0.15, 0.2) is 0 Å². The van der Waals surface area contributed by atoms with Gasteiger partial charge in [-0.1, -0.05) is 6.42 Å². The number of aryl methyl sites for hydroxylation is 2. The van der Waals surface area contributed by atoms with Crippen LogP contribution in [0.5, 0.6) is 0 Å². The molecule has 1 atom stereocenters. The lowest BCUT2D eigenvalue weighted by atomic mass is 10.1. The molecule has 106 valence electrons. The monoisotopic (exact) mass is 291 g/mol. The molecule has 2 rings (SSSR count). The molecule has 1 aliphatic rings. The Balaban J connectivity index is 2.09. The van der Waals surface area contributed by atoms with Gasteiger partial charge in [0.05, 0.1) is 4.88 Å². The number of carbonyl (C=O) groups is 2. The molecule has 0 saturated heterocycles. The van der Waals surface area contributed by atoms with Gasteiger partial charge in [0.25, 0.3) is 5.91 Å². The second kappa shape index (κ2) is 6.58. The Kier molecular flexibility index (Phi) is 4.80. The first-order valence-electron chi connectivity index (χ1n) is 6.70. The minimum absolute atomic E-state index is 0.00777. The summed E-state index contributed by atoms with van der Waals surface area (Å²) in [7, 11) is 0. The van der Waals surface area contributed by atoms with E-state index in [-0.39, 0.29) is 12.3 Å². The number of carboxylic acids is 1. The standard InChI is InChI=1S/C15H17NO3S/c1-2-6-11(15(18)19)16-14(17)13-9-10-7-4-3-5-8-12(10)20-13/h1,9,11H,3-8H2,(H,16,17)(H,18,19). The van der Waals surface area contributed by atoms with E-state index in [0.717, 1.165) is 25.7 Å². The minimum Gasteiger partial charge on any atom is -0.480 e. The van der Waals surface area contributed by atoms with Crippen LogP contribution in [0, 0.1) is 12.3 Å². The van der Waals surface area contributed by atoms with Crippen molar-refractivity contribution in [2.45, 2.75) is 44.6 Å². The highest BCUT2D eigenvalue weighted by molar-refractivity contribution is 7.14. The molecule has 0 fully saturated rings. The maximum Gasteiger partial charge on any atom is 0.327 e. The quantitative estimate of drug-likeness (QED) is 0.660. The molecule has 1 aliphatic carbocycles. The van der Waals surface area contributed by atoms with E-state index in [4.69, 9.17) is 11.5 Å². The van der Waals surface area contributed by atoms with Crippen LogP contribution < -0.4 is 5.32 Å². The molecule has 4 nitrogen and oxygen atoms in total. The van der Waals surface area contributed by atoms with Gasteiger partial charge in [-0.3, -0.25) is 4.79 Å². The molecular weight excluding hydrogens is 274 g/mol. The van der Waals surface area contributed by atoms with Crippen molar-refractivity contribution in [1.82, 2.24) is 5.32 Å². The van der Waals surface area contributed by atoms with Crippen molar-refractivity contribution in [3.63, 3.8) is 0 Å². The lowest BCUT2D eigenvalue weighted by Crippen LogP contribution is -2.40. The summed E-state index contributed by atoms with van der Waals surface area (Å²) in [4.78, 5) is 24.9. The molecule has 0 spiro atoms.